The fourth-order valence-electron chi connectivity index (χ4n) is 4.40. The van der Waals surface area contributed by atoms with Crippen LogP contribution in [0.15, 0.2) is 24.3 Å². The Hall–Kier alpha value is -1.99. The minimum Gasteiger partial charge on any atom is -0.355 e. The number of fused-ring (bicyclic) bond motifs is 1. The van der Waals surface area contributed by atoms with Crippen LogP contribution in [0.5, 0.6) is 0 Å². The fraction of sp³-hybridized carbons (Fsp3) is 0.500. The lowest BCUT2D eigenvalue weighted by molar-refractivity contribution is -0.123. The maximum Gasteiger partial charge on any atom is 0.241 e. The van der Waals surface area contributed by atoms with Crippen LogP contribution in [0.1, 0.15) is 55.8 Å². The van der Waals surface area contributed by atoms with E-state index in [9.17, 15) is 9.59 Å². The van der Waals surface area contributed by atoms with Gasteiger partial charge in [-0.15, -0.1) is 0 Å². The van der Waals surface area contributed by atoms with E-state index in [4.69, 9.17) is 11.6 Å². The predicted molar refractivity (Wildman–Crippen MR) is 121 cm³/mol. The number of amides is 2. The summed E-state index contributed by atoms with van der Waals surface area (Å²) in [4.78, 5) is 25.9. The Morgan fingerprint density at radius 2 is 1.93 bits per heavy atom. The van der Waals surface area contributed by atoms with E-state index >= 15 is 0 Å². The highest BCUT2D eigenvalue weighted by Crippen LogP contribution is 2.43. The SMILES string of the molecule is CCCNC(=O)Cn1nc2c(c1NC(=O)C1(c3ccc(Cl)cc3)CCCC1)CSC2. The van der Waals surface area contributed by atoms with E-state index in [2.05, 4.69) is 15.7 Å². The average molecular weight is 447 g/mol. The molecule has 2 heterocycles. The first-order valence-corrected chi connectivity index (χ1v) is 12.1. The van der Waals surface area contributed by atoms with Crippen LogP contribution >= 0.6 is 23.4 Å². The molecule has 2 aromatic rings. The lowest BCUT2D eigenvalue weighted by atomic mass is 9.78. The molecule has 0 unspecified atom stereocenters. The van der Waals surface area contributed by atoms with Crippen molar-refractivity contribution in [2.24, 2.45) is 0 Å². The molecule has 8 heteroatoms. The highest BCUT2D eigenvalue weighted by molar-refractivity contribution is 7.98. The molecule has 2 amide bonds. The Labute approximate surface area is 186 Å². The van der Waals surface area contributed by atoms with Crippen LogP contribution < -0.4 is 10.6 Å². The molecule has 1 aromatic carbocycles. The summed E-state index contributed by atoms with van der Waals surface area (Å²) in [6.45, 7) is 2.77. The third kappa shape index (κ3) is 4.10. The van der Waals surface area contributed by atoms with E-state index in [0.29, 0.717) is 17.4 Å². The molecule has 1 aliphatic carbocycles. The average Bonchev–Trinajstić information content (AvgIpc) is 3.46. The Morgan fingerprint density at radius 1 is 1.20 bits per heavy atom. The van der Waals surface area contributed by atoms with Gasteiger partial charge in [-0.1, -0.05) is 43.5 Å². The summed E-state index contributed by atoms with van der Waals surface area (Å²) >= 11 is 7.85. The van der Waals surface area contributed by atoms with Gasteiger partial charge >= 0.3 is 0 Å². The highest BCUT2D eigenvalue weighted by atomic mass is 35.5. The molecule has 1 aromatic heterocycles. The summed E-state index contributed by atoms with van der Waals surface area (Å²) in [5.41, 5.74) is 2.44. The molecule has 30 heavy (non-hydrogen) atoms. The molecule has 2 aliphatic rings. The van der Waals surface area contributed by atoms with Crippen molar-refractivity contribution in [3.05, 3.63) is 46.1 Å². The van der Waals surface area contributed by atoms with E-state index in [1.165, 1.54) is 0 Å². The summed E-state index contributed by atoms with van der Waals surface area (Å²) < 4.78 is 1.66. The second-order valence-corrected chi connectivity index (χ2v) is 9.45. The predicted octanol–water partition coefficient (Wildman–Crippen LogP) is 4.26. The van der Waals surface area contributed by atoms with Crippen molar-refractivity contribution in [2.45, 2.75) is 62.5 Å². The molecule has 0 radical (unpaired) electrons. The monoisotopic (exact) mass is 446 g/mol. The van der Waals surface area contributed by atoms with Crippen LogP contribution in [-0.2, 0) is 33.1 Å². The molecule has 0 atom stereocenters. The van der Waals surface area contributed by atoms with Crippen LogP contribution in [0.2, 0.25) is 5.02 Å². The van der Waals surface area contributed by atoms with Gasteiger partial charge in [0.2, 0.25) is 11.8 Å². The quantitative estimate of drug-likeness (QED) is 0.666. The summed E-state index contributed by atoms with van der Waals surface area (Å²) in [6, 6.07) is 7.62. The van der Waals surface area contributed by atoms with Gasteiger partial charge in [-0.3, -0.25) is 9.59 Å². The van der Waals surface area contributed by atoms with Crippen molar-refractivity contribution >= 4 is 41.0 Å². The molecule has 160 valence electrons. The number of anilines is 1. The molecule has 2 N–H and O–H groups in total. The van der Waals surface area contributed by atoms with Gasteiger partial charge < -0.3 is 10.6 Å². The zero-order chi connectivity index (χ0) is 21.1. The van der Waals surface area contributed by atoms with Gasteiger partial charge in [-0.25, -0.2) is 4.68 Å². The van der Waals surface area contributed by atoms with Gasteiger partial charge in [-0.2, -0.15) is 16.9 Å². The van der Waals surface area contributed by atoms with Crippen LogP contribution in [0.4, 0.5) is 5.82 Å². The Kier molecular flexibility index (Phi) is 6.39. The summed E-state index contributed by atoms with van der Waals surface area (Å²) in [6.07, 6.45) is 4.53. The molecule has 1 saturated carbocycles. The molecule has 0 spiro atoms. The fourth-order valence-corrected chi connectivity index (χ4v) is 5.56. The van der Waals surface area contributed by atoms with Crippen molar-refractivity contribution in [3.63, 3.8) is 0 Å². The zero-order valence-corrected chi connectivity index (χ0v) is 18.7. The topological polar surface area (TPSA) is 76.0 Å². The summed E-state index contributed by atoms with van der Waals surface area (Å²) in [5.74, 6) is 2.18. The van der Waals surface area contributed by atoms with Gasteiger partial charge in [-0.05, 0) is 37.0 Å². The van der Waals surface area contributed by atoms with E-state index in [1.54, 1.807) is 16.4 Å². The Bertz CT molecular complexity index is 935. The number of hydrogen-bond donors (Lipinski definition) is 2. The molecular formula is C22H27ClN4O2S. The second kappa shape index (κ2) is 9.02. The van der Waals surface area contributed by atoms with Crippen LogP contribution in [0, 0.1) is 0 Å². The maximum atomic E-state index is 13.6. The van der Waals surface area contributed by atoms with E-state index in [0.717, 1.165) is 60.4 Å². The first-order valence-electron chi connectivity index (χ1n) is 10.5. The maximum absolute atomic E-state index is 13.6. The lowest BCUT2D eigenvalue weighted by Gasteiger charge is -2.28. The van der Waals surface area contributed by atoms with E-state index < -0.39 is 5.41 Å². The normalized spacial score (nSPS) is 17.0. The second-order valence-electron chi connectivity index (χ2n) is 8.02. The van der Waals surface area contributed by atoms with Gasteiger partial charge in [0.15, 0.2) is 0 Å². The molecular weight excluding hydrogens is 420 g/mol. The summed E-state index contributed by atoms with van der Waals surface area (Å²) in [5, 5.41) is 11.4. The lowest BCUT2D eigenvalue weighted by Crippen LogP contribution is -2.39. The van der Waals surface area contributed by atoms with Crippen molar-refractivity contribution in [1.82, 2.24) is 15.1 Å². The molecule has 4 rings (SSSR count). The first kappa shape index (κ1) is 21.2. The number of nitrogens with zero attached hydrogens (tertiary/aromatic N) is 2. The Morgan fingerprint density at radius 3 is 2.63 bits per heavy atom. The van der Waals surface area contributed by atoms with Crippen molar-refractivity contribution in [2.75, 3.05) is 11.9 Å². The van der Waals surface area contributed by atoms with Crippen LogP contribution in [-0.4, -0.2) is 28.1 Å². The molecule has 6 nitrogen and oxygen atoms in total. The number of rotatable bonds is 7. The first-order chi connectivity index (χ1) is 14.5. The van der Waals surface area contributed by atoms with Crippen LogP contribution in [0.25, 0.3) is 0 Å². The number of benzene rings is 1. The van der Waals surface area contributed by atoms with Crippen molar-refractivity contribution < 1.29 is 9.59 Å². The van der Waals surface area contributed by atoms with Gasteiger partial charge in [0.25, 0.3) is 0 Å². The number of halogens is 1. The minimum absolute atomic E-state index is 0.0165. The number of aromatic nitrogens is 2. The van der Waals surface area contributed by atoms with Gasteiger partial charge in [0.05, 0.1) is 11.1 Å². The number of hydrogen-bond acceptors (Lipinski definition) is 4. The number of carbonyl (C=O) groups is 2. The third-order valence-electron chi connectivity index (χ3n) is 6.00. The minimum atomic E-state index is -0.567. The number of carbonyl (C=O) groups excluding carboxylic acids is 2. The summed E-state index contributed by atoms with van der Waals surface area (Å²) in [7, 11) is 0. The smallest absolute Gasteiger partial charge is 0.241 e. The standard InChI is InChI=1S/C22H27ClN4O2S/c1-2-11-24-19(28)12-27-20(17-13-30-14-18(17)26-27)25-21(29)22(9-3-4-10-22)15-5-7-16(23)8-6-15/h5-8H,2-4,9-14H2,1H3,(H,24,28)(H,25,29). The molecule has 0 bridgehead atoms. The number of nitrogens with one attached hydrogen (secondary N) is 2. The molecule has 0 saturated heterocycles. The van der Waals surface area contributed by atoms with Crippen molar-refractivity contribution in [3.8, 4) is 0 Å². The zero-order valence-electron chi connectivity index (χ0n) is 17.2. The Balaban J connectivity index is 1.62. The highest BCUT2D eigenvalue weighted by Gasteiger charge is 2.43. The van der Waals surface area contributed by atoms with E-state index in [-0.39, 0.29) is 18.4 Å². The van der Waals surface area contributed by atoms with Crippen LogP contribution in [0.3, 0.4) is 0 Å². The van der Waals surface area contributed by atoms with Gasteiger partial charge in [0.1, 0.15) is 12.4 Å². The largest absolute Gasteiger partial charge is 0.355 e. The molecule has 1 aliphatic heterocycles. The molecule has 1 fully saturated rings. The van der Waals surface area contributed by atoms with Crippen molar-refractivity contribution in [1.29, 1.82) is 0 Å². The van der Waals surface area contributed by atoms with Gasteiger partial charge in [0, 0.05) is 28.6 Å². The number of thioether (sulfide) groups is 1. The third-order valence-corrected chi connectivity index (χ3v) is 7.23. The van der Waals surface area contributed by atoms with E-state index in [1.807, 2.05) is 31.2 Å².